The number of para-hydroxylation sites is 2. The molecule has 2 aliphatic carbocycles. The molecule has 0 N–H and O–H groups in total. The first-order chi connectivity index (χ1) is 34.6. The second kappa shape index (κ2) is 15.9. The van der Waals surface area contributed by atoms with Gasteiger partial charge in [0.25, 0.3) is 6.71 Å². The molecule has 358 valence electrons. The van der Waals surface area contributed by atoms with Crippen LogP contribution in [-0.4, -0.2) is 12.3 Å². The molecule has 72 heavy (non-hydrogen) atoms. The van der Waals surface area contributed by atoms with Gasteiger partial charge in [0.05, 0.1) is 11.2 Å². The Morgan fingerprint density at radius 2 is 1.01 bits per heavy atom. The average Bonchev–Trinajstić information content (AvgIpc) is 3.60. The molecule has 2 atom stereocenters. The van der Waals surface area contributed by atoms with Crippen LogP contribution in [0.3, 0.4) is 0 Å². The maximum Gasteiger partial charge on any atom is 0.252 e. The van der Waals surface area contributed by atoms with Gasteiger partial charge in [-0.25, -0.2) is 0 Å². The van der Waals surface area contributed by atoms with Gasteiger partial charge in [-0.3, -0.25) is 0 Å². The minimum atomic E-state index is -0.164. The van der Waals surface area contributed by atoms with Crippen LogP contribution in [0.1, 0.15) is 123 Å². The summed E-state index contributed by atoms with van der Waals surface area (Å²) in [5, 5.41) is 0. The quantitative estimate of drug-likeness (QED) is 0.159. The fraction of sp³-hybridized carbons (Fsp3) is 0.294. The predicted octanol–water partition coefficient (Wildman–Crippen LogP) is 16.5. The van der Waals surface area contributed by atoms with E-state index in [9.17, 15) is 0 Å². The van der Waals surface area contributed by atoms with Crippen molar-refractivity contribution in [1.82, 2.24) is 0 Å². The summed E-state index contributed by atoms with van der Waals surface area (Å²) in [6.45, 7) is 22.2. The number of hydrogen-bond donors (Lipinski definition) is 0. The Morgan fingerprint density at radius 3 is 1.71 bits per heavy atom. The summed E-state index contributed by atoms with van der Waals surface area (Å²) in [4.78, 5) is 8.15. The number of rotatable bonds is 5. The molecule has 5 aliphatic rings. The van der Waals surface area contributed by atoms with Crippen molar-refractivity contribution < 1.29 is 0 Å². The molecule has 1 fully saturated rings. The number of hydrogen-bond acceptors (Lipinski definition) is 3. The molecule has 8 aromatic carbocycles. The number of anilines is 8. The van der Waals surface area contributed by atoms with E-state index in [1.54, 1.807) is 0 Å². The highest BCUT2D eigenvalue weighted by molar-refractivity contribution is 7.00. The average molecular weight is 938 g/mol. The van der Waals surface area contributed by atoms with Gasteiger partial charge in [-0.1, -0.05) is 183 Å². The van der Waals surface area contributed by atoms with E-state index in [1.165, 1.54) is 119 Å². The highest BCUT2D eigenvalue weighted by atomic mass is 15.3. The largest absolute Gasteiger partial charge is 0.334 e. The van der Waals surface area contributed by atoms with E-state index in [2.05, 4.69) is 253 Å². The first-order valence-corrected chi connectivity index (χ1v) is 26.9. The van der Waals surface area contributed by atoms with Gasteiger partial charge in [0.15, 0.2) is 0 Å². The zero-order valence-corrected chi connectivity index (χ0v) is 43.9. The number of fused-ring (bicyclic) bond motifs is 8. The summed E-state index contributed by atoms with van der Waals surface area (Å²) in [5.74, 6) is 0. The first kappa shape index (κ1) is 45.1. The van der Waals surface area contributed by atoms with Gasteiger partial charge in [-0.2, -0.15) is 0 Å². The van der Waals surface area contributed by atoms with Crippen LogP contribution in [0.25, 0.3) is 22.3 Å². The van der Waals surface area contributed by atoms with E-state index in [4.69, 9.17) is 0 Å². The molecule has 0 aromatic heterocycles. The summed E-state index contributed by atoms with van der Waals surface area (Å²) in [6.07, 6.45) is 7.05. The van der Waals surface area contributed by atoms with E-state index >= 15 is 0 Å². The summed E-state index contributed by atoms with van der Waals surface area (Å²) in [5.41, 5.74) is 24.8. The number of nitrogens with zero attached hydrogens (tertiary/aromatic N) is 3. The predicted molar refractivity (Wildman–Crippen MR) is 308 cm³/mol. The van der Waals surface area contributed by atoms with Gasteiger partial charge >= 0.3 is 0 Å². The highest BCUT2D eigenvalue weighted by Crippen LogP contribution is 2.62. The van der Waals surface area contributed by atoms with Crippen molar-refractivity contribution in [2.45, 2.75) is 128 Å². The lowest BCUT2D eigenvalue weighted by Gasteiger charge is -2.51. The van der Waals surface area contributed by atoms with Crippen molar-refractivity contribution in [1.29, 1.82) is 0 Å². The fourth-order valence-electron chi connectivity index (χ4n) is 14.2. The minimum Gasteiger partial charge on any atom is -0.334 e. The molecule has 13 rings (SSSR count). The summed E-state index contributed by atoms with van der Waals surface area (Å²) in [7, 11) is 0. The summed E-state index contributed by atoms with van der Waals surface area (Å²) >= 11 is 0. The van der Waals surface area contributed by atoms with Crippen LogP contribution in [-0.2, 0) is 21.7 Å². The van der Waals surface area contributed by atoms with Crippen molar-refractivity contribution in [3.8, 4) is 22.3 Å². The standard InChI is InChI=1S/C68H68BN3/c1-64(2,3)48-32-34-57(51(40-48)46-25-15-11-16-26-46)71-60-44-53-52(65(4,5)37-38-66(53,6)7)43-56(60)69-55-29-19-20-30-59(55)70(49-27-17-12-18-28-49)61-41-50(42-62(71)63(61)69)72-58-33-31-47(45-23-13-10-14-24-45)39-54(58)67(8)35-21-22-36-68(67,72)9/h10-20,23-34,39-44H,21-22,35-38H2,1-9H3. The van der Waals surface area contributed by atoms with Gasteiger partial charge < -0.3 is 14.7 Å². The highest BCUT2D eigenvalue weighted by Gasteiger charge is 2.58. The molecule has 2 unspecified atom stereocenters. The van der Waals surface area contributed by atoms with Crippen molar-refractivity contribution >= 4 is 68.6 Å². The SMILES string of the molecule is CC(C)(C)c1ccc(N2c3cc4c(cc3B3c5ccccc5N(c5ccccc5)c5cc(N6c7ccc(-c8ccccc8)cc7C7(C)CCCCC67C)cc2c53)C(C)(C)CCC4(C)C)c(-c2ccccc2)c1. The fourth-order valence-corrected chi connectivity index (χ4v) is 14.2. The van der Waals surface area contributed by atoms with Crippen LogP contribution < -0.4 is 31.1 Å². The van der Waals surface area contributed by atoms with E-state index in [1.807, 2.05) is 0 Å². The molecule has 0 bridgehead atoms. The zero-order chi connectivity index (χ0) is 49.5. The van der Waals surface area contributed by atoms with Crippen LogP contribution in [0, 0.1) is 0 Å². The lowest BCUT2D eigenvalue weighted by molar-refractivity contribution is 0.195. The monoisotopic (exact) mass is 938 g/mol. The van der Waals surface area contributed by atoms with Gasteiger partial charge in [-0.05, 0) is 165 Å². The Hall–Kier alpha value is -6.78. The van der Waals surface area contributed by atoms with Crippen LogP contribution in [0.4, 0.5) is 45.5 Å². The summed E-state index contributed by atoms with van der Waals surface area (Å²) in [6, 6.07) is 68.0. The second-order valence-electron chi connectivity index (χ2n) is 24.7. The molecule has 3 heterocycles. The Labute approximate surface area is 429 Å². The molecule has 0 amide bonds. The number of benzene rings is 8. The molecule has 0 saturated heterocycles. The van der Waals surface area contributed by atoms with Gasteiger partial charge in [0.2, 0.25) is 0 Å². The van der Waals surface area contributed by atoms with Gasteiger partial charge in [-0.15, -0.1) is 0 Å². The lowest BCUT2D eigenvalue weighted by Crippen LogP contribution is -2.62. The second-order valence-corrected chi connectivity index (χ2v) is 24.7. The van der Waals surface area contributed by atoms with Gasteiger partial charge in [0, 0.05) is 50.8 Å². The van der Waals surface area contributed by atoms with Crippen molar-refractivity contribution in [2.24, 2.45) is 0 Å². The third-order valence-electron chi connectivity index (χ3n) is 18.6. The van der Waals surface area contributed by atoms with E-state index in [0.29, 0.717) is 0 Å². The molecule has 3 aliphatic heterocycles. The smallest absolute Gasteiger partial charge is 0.252 e. The van der Waals surface area contributed by atoms with Crippen molar-refractivity contribution in [3.63, 3.8) is 0 Å². The molecule has 8 aromatic rings. The maximum atomic E-state index is 2.82. The van der Waals surface area contributed by atoms with Crippen LogP contribution in [0.15, 0.2) is 176 Å². The van der Waals surface area contributed by atoms with Crippen LogP contribution >= 0.6 is 0 Å². The first-order valence-electron chi connectivity index (χ1n) is 26.9. The Morgan fingerprint density at radius 1 is 0.417 bits per heavy atom. The maximum absolute atomic E-state index is 2.82. The van der Waals surface area contributed by atoms with Crippen LogP contribution in [0.5, 0.6) is 0 Å². The molecular formula is C68H68BN3. The topological polar surface area (TPSA) is 9.72 Å². The van der Waals surface area contributed by atoms with Crippen molar-refractivity contribution in [3.05, 3.63) is 198 Å². The Bertz CT molecular complexity index is 3460. The third-order valence-corrected chi connectivity index (χ3v) is 18.6. The Kier molecular flexibility index (Phi) is 9.94. The third kappa shape index (κ3) is 6.56. The summed E-state index contributed by atoms with van der Waals surface area (Å²) < 4.78 is 0. The molecule has 0 spiro atoms. The molecule has 1 saturated carbocycles. The van der Waals surface area contributed by atoms with Crippen molar-refractivity contribution in [2.75, 3.05) is 14.7 Å². The normalized spacial score (nSPS) is 21.0. The molecule has 4 heteroatoms. The van der Waals surface area contributed by atoms with E-state index < -0.39 is 0 Å². The van der Waals surface area contributed by atoms with E-state index in [-0.39, 0.29) is 33.9 Å². The molecule has 0 radical (unpaired) electrons. The zero-order valence-electron chi connectivity index (χ0n) is 43.9. The Balaban J connectivity index is 1.17. The van der Waals surface area contributed by atoms with E-state index in [0.717, 1.165) is 25.7 Å². The van der Waals surface area contributed by atoms with Crippen LogP contribution in [0.2, 0.25) is 0 Å². The van der Waals surface area contributed by atoms with Gasteiger partial charge in [0.1, 0.15) is 0 Å². The molecule has 3 nitrogen and oxygen atoms in total. The lowest BCUT2D eigenvalue weighted by atomic mass is 9.33. The minimum absolute atomic E-state index is 0.0152. The molecular weight excluding hydrogens is 870 g/mol.